The second-order valence-corrected chi connectivity index (χ2v) is 5.59. The first-order chi connectivity index (χ1) is 10.0. The van der Waals surface area contributed by atoms with Gasteiger partial charge in [-0.3, -0.25) is 4.79 Å². The van der Waals surface area contributed by atoms with Gasteiger partial charge in [0.2, 0.25) is 5.91 Å². The van der Waals surface area contributed by atoms with Gasteiger partial charge in [0.15, 0.2) is 6.04 Å². The highest BCUT2D eigenvalue weighted by Gasteiger charge is 2.29. The lowest BCUT2D eigenvalue weighted by Gasteiger charge is -2.18. The second kappa shape index (κ2) is 6.91. The number of nitrogens with one attached hydrogen (secondary N) is 1. The number of methoxy groups -OCH3 is 1. The van der Waals surface area contributed by atoms with E-state index < -0.39 is 12.0 Å². The van der Waals surface area contributed by atoms with Crippen molar-refractivity contribution in [1.82, 2.24) is 5.32 Å². The molecule has 1 aliphatic rings. The molecule has 1 heterocycles. The van der Waals surface area contributed by atoms with Gasteiger partial charge < -0.3 is 19.9 Å². The first-order valence-electron chi connectivity index (χ1n) is 6.47. The Bertz CT molecular complexity index is 542. The summed E-state index contributed by atoms with van der Waals surface area (Å²) >= 11 is 3.31. The molecule has 0 saturated carbocycles. The van der Waals surface area contributed by atoms with Gasteiger partial charge in [-0.15, -0.1) is 0 Å². The summed E-state index contributed by atoms with van der Waals surface area (Å²) in [7, 11) is 1.52. The molecule has 2 unspecified atom stereocenters. The van der Waals surface area contributed by atoms with Crippen LogP contribution in [-0.4, -0.2) is 37.3 Å². The zero-order valence-electron chi connectivity index (χ0n) is 11.5. The van der Waals surface area contributed by atoms with Gasteiger partial charge in [0.1, 0.15) is 5.75 Å². The molecule has 114 valence electrons. The van der Waals surface area contributed by atoms with Crippen molar-refractivity contribution in [3.63, 3.8) is 0 Å². The minimum atomic E-state index is -1.11. The van der Waals surface area contributed by atoms with E-state index in [-0.39, 0.29) is 11.8 Å². The first-order valence-corrected chi connectivity index (χ1v) is 7.26. The van der Waals surface area contributed by atoms with Crippen molar-refractivity contribution in [3.8, 4) is 5.75 Å². The second-order valence-electron chi connectivity index (χ2n) is 4.73. The van der Waals surface area contributed by atoms with E-state index in [0.717, 1.165) is 0 Å². The van der Waals surface area contributed by atoms with Crippen LogP contribution in [-0.2, 0) is 14.3 Å². The lowest BCUT2D eigenvalue weighted by Crippen LogP contribution is -2.38. The molecular formula is C14H16BrNO5. The third kappa shape index (κ3) is 3.74. The van der Waals surface area contributed by atoms with Crippen LogP contribution >= 0.6 is 15.9 Å². The van der Waals surface area contributed by atoms with Crippen molar-refractivity contribution < 1.29 is 24.2 Å². The van der Waals surface area contributed by atoms with Crippen molar-refractivity contribution in [2.75, 3.05) is 20.3 Å². The Morgan fingerprint density at radius 2 is 2.29 bits per heavy atom. The van der Waals surface area contributed by atoms with Crippen LogP contribution in [0.3, 0.4) is 0 Å². The number of halogens is 1. The maximum Gasteiger partial charge on any atom is 0.330 e. The molecule has 21 heavy (non-hydrogen) atoms. The fraction of sp³-hybridized carbons (Fsp3) is 0.429. The van der Waals surface area contributed by atoms with Crippen LogP contribution in [0.4, 0.5) is 0 Å². The van der Waals surface area contributed by atoms with Crippen LogP contribution in [0.25, 0.3) is 0 Å². The van der Waals surface area contributed by atoms with E-state index in [9.17, 15) is 14.7 Å². The summed E-state index contributed by atoms with van der Waals surface area (Å²) in [5, 5.41) is 11.9. The van der Waals surface area contributed by atoms with Crippen LogP contribution in [0.5, 0.6) is 5.75 Å². The molecule has 1 amide bonds. The summed E-state index contributed by atoms with van der Waals surface area (Å²) in [5.41, 5.74) is 0.474. The number of hydrogen-bond donors (Lipinski definition) is 2. The normalized spacial score (nSPS) is 19.0. The predicted molar refractivity (Wildman–Crippen MR) is 78.1 cm³/mol. The Balaban J connectivity index is 2.16. The SMILES string of the molecule is COc1ccc(C(NC(=O)C2CCOC2)C(=O)O)cc1Br. The fourth-order valence-electron chi connectivity index (χ4n) is 2.15. The molecular weight excluding hydrogens is 342 g/mol. The molecule has 0 aromatic heterocycles. The molecule has 2 N–H and O–H groups in total. The van der Waals surface area contributed by atoms with Gasteiger partial charge in [0, 0.05) is 6.61 Å². The standard InChI is InChI=1S/C14H16BrNO5/c1-20-11-3-2-8(6-10(11)15)12(14(18)19)16-13(17)9-4-5-21-7-9/h2-3,6,9,12H,4-5,7H2,1H3,(H,16,17)(H,18,19). The topological polar surface area (TPSA) is 84.9 Å². The molecule has 1 fully saturated rings. The number of amides is 1. The number of carbonyl (C=O) groups excluding carboxylic acids is 1. The summed E-state index contributed by atoms with van der Waals surface area (Å²) in [6, 6.07) is 3.80. The number of carboxylic acid groups (broad SMARTS) is 1. The monoisotopic (exact) mass is 357 g/mol. The number of hydrogen-bond acceptors (Lipinski definition) is 4. The predicted octanol–water partition coefficient (Wildman–Crippen LogP) is 1.74. The first kappa shape index (κ1) is 15.8. The van der Waals surface area contributed by atoms with Gasteiger partial charge in [0.25, 0.3) is 0 Å². The summed E-state index contributed by atoms with van der Waals surface area (Å²) in [6.45, 7) is 0.869. The quantitative estimate of drug-likeness (QED) is 0.838. The minimum absolute atomic E-state index is 0.284. The summed E-state index contributed by atoms with van der Waals surface area (Å²) in [6.07, 6.45) is 0.616. The summed E-state index contributed by atoms with van der Waals surface area (Å²) in [4.78, 5) is 23.5. The number of carboxylic acids is 1. The van der Waals surface area contributed by atoms with E-state index in [1.54, 1.807) is 18.2 Å². The number of ether oxygens (including phenoxy) is 2. The van der Waals surface area contributed by atoms with E-state index in [0.29, 0.717) is 35.4 Å². The van der Waals surface area contributed by atoms with Crippen LogP contribution < -0.4 is 10.1 Å². The van der Waals surface area contributed by atoms with Crippen molar-refractivity contribution in [1.29, 1.82) is 0 Å². The van der Waals surface area contributed by atoms with Crippen LogP contribution in [0, 0.1) is 5.92 Å². The van der Waals surface area contributed by atoms with Crippen molar-refractivity contribution in [3.05, 3.63) is 28.2 Å². The molecule has 2 atom stereocenters. The number of rotatable bonds is 5. The molecule has 1 saturated heterocycles. The van der Waals surface area contributed by atoms with Crippen LogP contribution in [0.15, 0.2) is 22.7 Å². The zero-order chi connectivity index (χ0) is 15.4. The van der Waals surface area contributed by atoms with Gasteiger partial charge in [-0.1, -0.05) is 6.07 Å². The van der Waals surface area contributed by atoms with Gasteiger partial charge in [-0.25, -0.2) is 4.79 Å². The Hall–Kier alpha value is -1.60. The van der Waals surface area contributed by atoms with Gasteiger partial charge >= 0.3 is 5.97 Å². The Kier molecular flexibility index (Phi) is 5.19. The molecule has 0 spiro atoms. The maximum atomic E-state index is 12.1. The maximum absolute atomic E-state index is 12.1. The minimum Gasteiger partial charge on any atom is -0.496 e. The molecule has 6 nitrogen and oxygen atoms in total. The van der Waals surface area contributed by atoms with Gasteiger partial charge in [-0.05, 0) is 40.0 Å². The summed E-state index contributed by atoms with van der Waals surface area (Å²) in [5.74, 6) is -1.10. The fourth-order valence-corrected chi connectivity index (χ4v) is 2.71. The zero-order valence-corrected chi connectivity index (χ0v) is 13.1. The molecule has 0 radical (unpaired) electrons. The molecule has 1 aromatic rings. The molecule has 7 heteroatoms. The Labute approximate surface area is 130 Å². The van der Waals surface area contributed by atoms with E-state index in [1.807, 2.05) is 0 Å². The largest absolute Gasteiger partial charge is 0.496 e. The Morgan fingerprint density at radius 1 is 1.52 bits per heavy atom. The van der Waals surface area contributed by atoms with Crippen LogP contribution in [0.2, 0.25) is 0 Å². The molecule has 1 aliphatic heterocycles. The third-order valence-corrected chi connectivity index (χ3v) is 3.96. The smallest absolute Gasteiger partial charge is 0.330 e. The average Bonchev–Trinajstić information content (AvgIpc) is 2.98. The average molecular weight is 358 g/mol. The number of carbonyl (C=O) groups is 2. The highest BCUT2D eigenvalue weighted by Crippen LogP contribution is 2.28. The molecule has 0 bridgehead atoms. The summed E-state index contributed by atoms with van der Waals surface area (Å²) < 4.78 is 10.9. The van der Waals surface area contributed by atoms with E-state index in [4.69, 9.17) is 9.47 Å². The molecule has 1 aromatic carbocycles. The van der Waals surface area contributed by atoms with Crippen molar-refractivity contribution in [2.24, 2.45) is 5.92 Å². The van der Waals surface area contributed by atoms with Crippen LogP contribution in [0.1, 0.15) is 18.0 Å². The molecule has 2 rings (SSSR count). The lowest BCUT2D eigenvalue weighted by molar-refractivity contribution is -0.142. The van der Waals surface area contributed by atoms with E-state index in [2.05, 4.69) is 21.2 Å². The van der Waals surface area contributed by atoms with Gasteiger partial charge in [-0.2, -0.15) is 0 Å². The molecule has 0 aliphatic carbocycles. The van der Waals surface area contributed by atoms with Crippen molar-refractivity contribution in [2.45, 2.75) is 12.5 Å². The number of aliphatic carboxylic acids is 1. The Morgan fingerprint density at radius 3 is 2.81 bits per heavy atom. The van der Waals surface area contributed by atoms with Crippen molar-refractivity contribution >= 4 is 27.8 Å². The highest BCUT2D eigenvalue weighted by molar-refractivity contribution is 9.10. The number of benzene rings is 1. The van der Waals surface area contributed by atoms with E-state index in [1.165, 1.54) is 7.11 Å². The van der Waals surface area contributed by atoms with Gasteiger partial charge in [0.05, 0.1) is 24.1 Å². The van der Waals surface area contributed by atoms with E-state index >= 15 is 0 Å². The highest BCUT2D eigenvalue weighted by atomic mass is 79.9. The third-order valence-electron chi connectivity index (χ3n) is 3.34. The lowest BCUT2D eigenvalue weighted by atomic mass is 10.0.